The number of hydrogen-bond acceptors (Lipinski definition) is 6. The third kappa shape index (κ3) is 3.99. The molecule has 2 heterocycles. The van der Waals surface area contributed by atoms with Crippen LogP contribution in [0.15, 0.2) is 36.7 Å². The monoisotopic (exact) mass is 328 g/mol. The Kier molecular flexibility index (Phi) is 5.22. The minimum atomic E-state index is -0.0896. The van der Waals surface area contributed by atoms with Crippen molar-refractivity contribution >= 4 is 11.7 Å². The van der Waals surface area contributed by atoms with Gasteiger partial charge in [-0.25, -0.2) is 9.97 Å². The second-order valence-corrected chi connectivity index (χ2v) is 5.39. The van der Waals surface area contributed by atoms with Gasteiger partial charge in [-0.3, -0.25) is 4.79 Å². The van der Waals surface area contributed by atoms with Gasteiger partial charge in [0.1, 0.15) is 23.6 Å². The fourth-order valence-electron chi connectivity index (χ4n) is 2.44. The SMILES string of the molecule is COc1ccc(CNc2cc(C(=O)N3CCOCC3)ncn2)cc1. The number of ether oxygens (including phenoxy) is 2. The highest BCUT2D eigenvalue weighted by Gasteiger charge is 2.19. The number of nitrogens with one attached hydrogen (secondary N) is 1. The summed E-state index contributed by atoms with van der Waals surface area (Å²) in [4.78, 5) is 22.5. The predicted molar refractivity (Wildman–Crippen MR) is 89.1 cm³/mol. The average molecular weight is 328 g/mol. The molecule has 0 bridgehead atoms. The molecule has 7 heteroatoms. The number of anilines is 1. The second kappa shape index (κ2) is 7.74. The summed E-state index contributed by atoms with van der Waals surface area (Å²) >= 11 is 0. The molecule has 24 heavy (non-hydrogen) atoms. The Balaban J connectivity index is 1.62. The zero-order valence-electron chi connectivity index (χ0n) is 13.6. The van der Waals surface area contributed by atoms with E-state index in [1.54, 1.807) is 18.1 Å². The Morgan fingerprint density at radius 2 is 2.00 bits per heavy atom. The fraction of sp³-hybridized carbons (Fsp3) is 0.353. The summed E-state index contributed by atoms with van der Waals surface area (Å²) in [5.74, 6) is 1.35. The number of carbonyl (C=O) groups is 1. The first-order valence-electron chi connectivity index (χ1n) is 7.82. The number of methoxy groups -OCH3 is 1. The second-order valence-electron chi connectivity index (χ2n) is 5.39. The Hall–Kier alpha value is -2.67. The van der Waals surface area contributed by atoms with E-state index in [1.165, 1.54) is 6.33 Å². The Bertz CT molecular complexity index is 684. The smallest absolute Gasteiger partial charge is 0.272 e. The summed E-state index contributed by atoms with van der Waals surface area (Å²) < 4.78 is 10.4. The van der Waals surface area contributed by atoms with Crippen molar-refractivity contribution in [2.45, 2.75) is 6.54 Å². The minimum absolute atomic E-state index is 0.0896. The molecule has 1 aromatic heterocycles. The van der Waals surface area contributed by atoms with Gasteiger partial charge in [0.2, 0.25) is 0 Å². The van der Waals surface area contributed by atoms with Gasteiger partial charge in [-0.1, -0.05) is 12.1 Å². The number of amides is 1. The molecule has 1 saturated heterocycles. The average Bonchev–Trinajstić information content (AvgIpc) is 2.67. The Morgan fingerprint density at radius 3 is 2.71 bits per heavy atom. The van der Waals surface area contributed by atoms with Gasteiger partial charge in [0.25, 0.3) is 5.91 Å². The van der Waals surface area contributed by atoms with Crippen LogP contribution in [0, 0.1) is 0 Å². The molecule has 2 aromatic rings. The van der Waals surface area contributed by atoms with Crippen LogP contribution in [0.3, 0.4) is 0 Å². The number of hydrogen-bond donors (Lipinski definition) is 1. The van der Waals surface area contributed by atoms with E-state index in [2.05, 4.69) is 15.3 Å². The van der Waals surface area contributed by atoms with Gasteiger partial charge in [0, 0.05) is 25.7 Å². The van der Waals surface area contributed by atoms with Crippen LogP contribution in [0.4, 0.5) is 5.82 Å². The number of nitrogens with zero attached hydrogens (tertiary/aromatic N) is 3. The first kappa shape index (κ1) is 16.2. The minimum Gasteiger partial charge on any atom is -0.497 e. The third-order valence-corrected chi connectivity index (χ3v) is 3.82. The van der Waals surface area contributed by atoms with E-state index >= 15 is 0 Å². The van der Waals surface area contributed by atoms with Crippen molar-refractivity contribution in [3.63, 3.8) is 0 Å². The molecule has 0 unspecified atom stereocenters. The van der Waals surface area contributed by atoms with Gasteiger partial charge in [0.15, 0.2) is 0 Å². The molecule has 126 valence electrons. The van der Waals surface area contributed by atoms with E-state index in [0.29, 0.717) is 44.4 Å². The van der Waals surface area contributed by atoms with Crippen LogP contribution in [-0.2, 0) is 11.3 Å². The van der Waals surface area contributed by atoms with Crippen LogP contribution in [0.2, 0.25) is 0 Å². The molecule has 0 atom stereocenters. The van der Waals surface area contributed by atoms with E-state index in [1.807, 2.05) is 24.3 Å². The maximum absolute atomic E-state index is 12.4. The summed E-state index contributed by atoms with van der Waals surface area (Å²) in [6.07, 6.45) is 1.41. The van der Waals surface area contributed by atoms with Crippen LogP contribution in [0.25, 0.3) is 0 Å². The van der Waals surface area contributed by atoms with Crippen LogP contribution in [0.5, 0.6) is 5.75 Å². The summed E-state index contributed by atoms with van der Waals surface area (Å²) in [7, 11) is 1.64. The van der Waals surface area contributed by atoms with E-state index < -0.39 is 0 Å². The Labute approximate surface area is 140 Å². The van der Waals surface area contributed by atoms with Crippen LogP contribution in [0.1, 0.15) is 16.1 Å². The molecule has 1 aliphatic heterocycles. The number of rotatable bonds is 5. The molecule has 0 spiro atoms. The van der Waals surface area contributed by atoms with Crippen molar-refractivity contribution in [2.24, 2.45) is 0 Å². The van der Waals surface area contributed by atoms with Crippen molar-refractivity contribution in [1.82, 2.24) is 14.9 Å². The number of morpholine rings is 1. The van der Waals surface area contributed by atoms with Crippen LogP contribution >= 0.6 is 0 Å². The van der Waals surface area contributed by atoms with Gasteiger partial charge >= 0.3 is 0 Å². The normalized spacial score (nSPS) is 14.3. The van der Waals surface area contributed by atoms with E-state index in [0.717, 1.165) is 11.3 Å². The van der Waals surface area contributed by atoms with E-state index in [-0.39, 0.29) is 5.91 Å². The van der Waals surface area contributed by atoms with Gasteiger partial charge in [0.05, 0.1) is 20.3 Å². The highest BCUT2D eigenvalue weighted by atomic mass is 16.5. The zero-order chi connectivity index (χ0) is 16.8. The highest BCUT2D eigenvalue weighted by molar-refractivity contribution is 5.92. The largest absolute Gasteiger partial charge is 0.497 e. The first-order valence-corrected chi connectivity index (χ1v) is 7.82. The standard InChI is InChI=1S/C17H20N4O3/c1-23-14-4-2-13(3-5-14)11-18-16-10-15(19-12-20-16)17(22)21-6-8-24-9-7-21/h2-5,10,12H,6-9,11H2,1H3,(H,18,19,20). The van der Waals surface area contributed by atoms with Crippen LogP contribution < -0.4 is 10.1 Å². The quantitative estimate of drug-likeness (QED) is 0.898. The Morgan fingerprint density at radius 1 is 1.25 bits per heavy atom. The van der Waals surface area contributed by atoms with E-state index in [4.69, 9.17) is 9.47 Å². The van der Waals surface area contributed by atoms with Gasteiger partial charge < -0.3 is 19.7 Å². The lowest BCUT2D eigenvalue weighted by Gasteiger charge is -2.26. The maximum Gasteiger partial charge on any atom is 0.272 e. The molecule has 1 fully saturated rings. The topological polar surface area (TPSA) is 76.6 Å². The molecule has 1 N–H and O–H groups in total. The lowest BCUT2D eigenvalue weighted by molar-refractivity contribution is 0.0299. The van der Waals surface area contributed by atoms with Gasteiger partial charge in [-0.15, -0.1) is 0 Å². The molecule has 1 amide bonds. The van der Waals surface area contributed by atoms with Gasteiger partial charge in [-0.05, 0) is 17.7 Å². The molecule has 0 radical (unpaired) electrons. The summed E-state index contributed by atoms with van der Waals surface area (Å²) in [6.45, 7) is 2.93. The molecule has 7 nitrogen and oxygen atoms in total. The lowest BCUT2D eigenvalue weighted by Crippen LogP contribution is -2.41. The number of benzene rings is 1. The van der Waals surface area contributed by atoms with Crippen molar-refractivity contribution in [2.75, 3.05) is 38.7 Å². The first-order chi connectivity index (χ1) is 11.8. The lowest BCUT2D eigenvalue weighted by atomic mass is 10.2. The van der Waals surface area contributed by atoms with E-state index in [9.17, 15) is 4.79 Å². The van der Waals surface area contributed by atoms with Crippen molar-refractivity contribution in [1.29, 1.82) is 0 Å². The third-order valence-electron chi connectivity index (χ3n) is 3.82. The molecule has 1 aliphatic rings. The predicted octanol–water partition coefficient (Wildman–Crippen LogP) is 1.57. The summed E-state index contributed by atoms with van der Waals surface area (Å²) in [5, 5.41) is 3.21. The number of aromatic nitrogens is 2. The van der Waals surface area contributed by atoms with Crippen molar-refractivity contribution < 1.29 is 14.3 Å². The summed E-state index contributed by atoms with van der Waals surface area (Å²) in [6, 6.07) is 9.45. The molecule has 3 rings (SSSR count). The molecule has 1 aromatic carbocycles. The highest BCUT2D eigenvalue weighted by Crippen LogP contribution is 2.13. The number of carbonyl (C=O) groups excluding carboxylic acids is 1. The molecular weight excluding hydrogens is 308 g/mol. The van der Waals surface area contributed by atoms with Gasteiger partial charge in [-0.2, -0.15) is 0 Å². The fourth-order valence-corrected chi connectivity index (χ4v) is 2.44. The molecule has 0 aliphatic carbocycles. The molecular formula is C17H20N4O3. The van der Waals surface area contributed by atoms with Crippen molar-refractivity contribution in [3.05, 3.63) is 47.9 Å². The van der Waals surface area contributed by atoms with Crippen LogP contribution in [-0.4, -0.2) is 54.2 Å². The maximum atomic E-state index is 12.4. The molecule has 0 saturated carbocycles. The van der Waals surface area contributed by atoms with Crippen molar-refractivity contribution in [3.8, 4) is 5.75 Å². The summed E-state index contributed by atoms with van der Waals surface area (Å²) in [5.41, 5.74) is 1.49. The zero-order valence-corrected chi connectivity index (χ0v) is 13.6.